The van der Waals surface area contributed by atoms with E-state index in [9.17, 15) is 0 Å². The van der Waals surface area contributed by atoms with Crippen LogP contribution in [-0.2, 0) is 28.2 Å². The lowest BCUT2D eigenvalue weighted by Gasteiger charge is -2.29. The SMILES string of the molecule is Clc1cccc(C2(Cn3ccnc3)OCC(Cc3ccc(-n4cncn4)cc3)O2)c1. The lowest BCUT2D eigenvalue weighted by atomic mass is 10.1. The van der Waals surface area contributed by atoms with E-state index in [1.807, 2.05) is 47.2 Å². The van der Waals surface area contributed by atoms with Crippen molar-refractivity contribution in [3.63, 3.8) is 0 Å². The molecule has 2 aromatic heterocycles. The second kappa shape index (κ2) is 8.02. The van der Waals surface area contributed by atoms with Gasteiger partial charge in [-0.15, -0.1) is 0 Å². The van der Waals surface area contributed by atoms with Gasteiger partial charge < -0.3 is 14.0 Å². The molecular formula is C22H20ClN5O2. The van der Waals surface area contributed by atoms with Crippen molar-refractivity contribution in [3.8, 4) is 5.69 Å². The second-order valence-corrected chi connectivity index (χ2v) is 7.70. The van der Waals surface area contributed by atoms with Crippen LogP contribution in [0.4, 0.5) is 0 Å². The van der Waals surface area contributed by atoms with E-state index in [2.05, 4.69) is 27.2 Å². The maximum absolute atomic E-state index is 6.51. The average molecular weight is 422 g/mol. The Balaban J connectivity index is 1.35. The number of imidazole rings is 1. The van der Waals surface area contributed by atoms with Gasteiger partial charge in [-0.2, -0.15) is 5.10 Å². The lowest BCUT2D eigenvalue weighted by molar-refractivity contribution is -0.186. The van der Waals surface area contributed by atoms with Crippen LogP contribution in [0.3, 0.4) is 0 Å². The maximum atomic E-state index is 6.51. The van der Waals surface area contributed by atoms with Crippen LogP contribution in [0.1, 0.15) is 11.1 Å². The minimum Gasteiger partial charge on any atom is -0.342 e. The highest BCUT2D eigenvalue weighted by atomic mass is 35.5. The molecular weight excluding hydrogens is 402 g/mol. The number of hydrogen-bond donors (Lipinski definition) is 0. The van der Waals surface area contributed by atoms with Crippen molar-refractivity contribution in [2.75, 3.05) is 6.61 Å². The molecule has 0 amide bonds. The standard InChI is InChI=1S/C22H20ClN5O2/c23-19-3-1-2-18(11-19)22(13-27-9-8-24-15-27)29-12-21(30-22)10-17-4-6-20(7-5-17)28-16-25-14-26-28/h1-9,11,14-16,21H,10,12-13H2. The molecule has 0 radical (unpaired) electrons. The molecule has 0 aliphatic carbocycles. The summed E-state index contributed by atoms with van der Waals surface area (Å²) in [6, 6.07) is 15.8. The number of halogens is 1. The summed E-state index contributed by atoms with van der Waals surface area (Å²) in [6.07, 6.45) is 9.26. The van der Waals surface area contributed by atoms with Gasteiger partial charge >= 0.3 is 0 Å². The average Bonchev–Trinajstić information content (AvgIpc) is 3.52. The van der Waals surface area contributed by atoms with Crippen molar-refractivity contribution in [2.24, 2.45) is 0 Å². The molecule has 1 fully saturated rings. The Hall–Kier alpha value is -3.00. The topological polar surface area (TPSA) is 67.0 Å². The van der Waals surface area contributed by atoms with Crippen LogP contribution in [0.2, 0.25) is 5.02 Å². The number of aromatic nitrogens is 5. The van der Waals surface area contributed by atoms with E-state index in [1.165, 1.54) is 6.33 Å². The van der Waals surface area contributed by atoms with E-state index in [4.69, 9.17) is 21.1 Å². The Labute approximate surface area is 178 Å². The number of ether oxygens (including phenoxy) is 2. The smallest absolute Gasteiger partial charge is 0.213 e. The first-order valence-electron chi connectivity index (χ1n) is 9.68. The van der Waals surface area contributed by atoms with E-state index in [0.29, 0.717) is 18.2 Å². The molecule has 1 aliphatic rings. The molecule has 1 saturated heterocycles. The number of benzene rings is 2. The van der Waals surface area contributed by atoms with E-state index in [-0.39, 0.29) is 6.10 Å². The highest BCUT2D eigenvalue weighted by Crippen LogP contribution is 2.38. The van der Waals surface area contributed by atoms with Crippen molar-refractivity contribution >= 4 is 11.6 Å². The molecule has 1 aliphatic heterocycles. The van der Waals surface area contributed by atoms with Crippen LogP contribution in [0, 0.1) is 0 Å². The summed E-state index contributed by atoms with van der Waals surface area (Å²) in [4.78, 5) is 8.12. The number of nitrogens with zero attached hydrogens (tertiary/aromatic N) is 5. The van der Waals surface area contributed by atoms with Crippen molar-refractivity contribution in [3.05, 3.63) is 96.1 Å². The molecule has 2 unspecified atom stereocenters. The molecule has 7 nitrogen and oxygen atoms in total. The van der Waals surface area contributed by atoms with Gasteiger partial charge in [-0.1, -0.05) is 35.9 Å². The van der Waals surface area contributed by atoms with Gasteiger partial charge in [0.25, 0.3) is 0 Å². The van der Waals surface area contributed by atoms with Crippen LogP contribution in [0.5, 0.6) is 0 Å². The zero-order valence-electron chi connectivity index (χ0n) is 16.1. The fourth-order valence-electron chi connectivity index (χ4n) is 3.73. The molecule has 2 atom stereocenters. The third-order valence-corrected chi connectivity index (χ3v) is 5.39. The third kappa shape index (κ3) is 3.87. The van der Waals surface area contributed by atoms with E-state index in [1.54, 1.807) is 23.5 Å². The van der Waals surface area contributed by atoms with Crippen molar-refractivity contribution in [1.29, 1.82) is 0 Å². The summed E-state index contributed by atoms with van der Waals surface area (Å²) >= 11 is 6.25. The minimum absolute atomic E-state index is 0.0790. The van der Waals surface area contributed by atoms with Gasteiger partial charge in [-0.25, -0.2) is 14.6 Å². The van der Waals surface area contributed by atoms with Crippen molar-refractivity contribution in [1.82, 2.24) is 24.3 Å². The van der Waals surface area contributed by atoms with Crippen LogP contribution < -0.4 is 0 Å². The highest BCUT2D eigenvalue weighted by Gasteiger charge is 2.43. The molecule has 0 bridgehead atoms. The van der Waals surface area contributed by atoms with Gasteiger partial charge in [0.05, 0.1) is 31.3 Å². The highest BCUT2D eigenvalue weighted by molar-refractivity contribution is 6.30. The molecule has 5 rings (SSSR count). The zero-order chi connectivity index (χ0) is 20.4. The Morgan fingerprint density at radius 3 is 2.73 bits per heavy atom. The van der Waals surface area contributed by atoms with Gasteiger partial charge in [0.15, 0.2) is 0 Å². The Morgan fingerprint density at radius 1 is 1.10 bits per heavy atom. The van der Waals surface area contributed by atoms with Crippen LogP contribution in [0.15, 0.2) is 79.9 Å². The summed E-state index contributed by atoms with van der Waals surface area (Å²) in [6.45, 7) is 0.987. The first-order chi connectivity index (χ1) is 14.7. The molecule has 3 heterocycles. The number of rotatable bonds is 6. The second-order valence-electron chi connectivity index (χ2n) is 7.26. The van der Waals surface area contributed by atoms with E-state index >= 15 is 0 Å². The molecule has 0 spiro atoms. The first-order valence-corrected chi connectivity index (χ1v) is 10.1. The fourth-order valence-corrected chi connectivity index (χ4v) is 3.92. The van der Waals surface area contributed by atoms with Crippen LogP contribution >= 0.6 is 11.6 Å². The molecule has 4 aromatic rings. The van der Waals surface area contributed by atoms with Crippen molar-refractivity contribution in [2.45, 2.75) is 24.9 Å². The Kier molecular flexibility index (Phi) is 5.08. The quantitative estimate of drug-likeness (QED) is 0.475. The molecule has 8 heteroatoms. The fraction of sp³-hybridized carbons (Fsp3) is 0.227. The van der Waals surface area contributed by atoms with Gasteiger partial charge in [0, 0.05) is 29.4 Å². The lowest BCUT2D eigenvalue weighted by Crippen LogP contribution is -2.33. The van der Waals surface area contributed by atoms with Gasteiger partial charge in [0.1, 0.15) is 12.7 Å². The molecule has 152 valence electrons. The first kappa shape index (κ1) is 19.0. The summed E-state index contributed by atoms with van der Waals surface area (Å²) in [7, 11) is 0. The molecule has 2 aromatic carbocycles. The Morgan fingerprint density at radius 2 is 2.00 bits per heavy atom. The summed E-state index contributed by atoms with van der Waals surface area (Å²) < 4.78 is 16.5. The maximum Gasteiger partial charge on any atom is 0.213 e. The van der Waals surface area contributed by atoms with Crippen LogP contribution in [0.25, 0.3) is 5.69 Å². The summed E-state index contributed by atoms with van der Waals surface area (Å²) in [5.74, 6) is -0.906. The molecule has 0 saturated carbocycles. The molecule has 0 N–H and O–H groups in total. The monoisotopic (exact) mass is 421 g/mol. The third-order valence-electron chi connectivity index (χ3n) is 5.16. The van der Waals surface area contributed by atoms with Gasteiger partial charge in [0.2, 0.25) is 5.79 Å². The predicted molar refractivity (Wildman–Crippen MR) is 111 cm³/mol. The molecule has 30 heavy (non-hydrogen) atoms. The van der Waals surface area contributed by atoms with Gasteiger partial charge in [-0.3, -0.25) is 0 Å². The predicted octanol–water partition coefficient (Wildman–Crippen LogP) is 3.63. The van der Waals surface area contributed by atoms with Crippen molar-refractivity contribution < 1.29 is 9.47 Å². The van der Waals surface area contributed by atoms with Crippen LogP contribution in [-0.4, -0.2) is 37.0 Å². The zero-order valence-corrected chi connectivity index (χ0v) is 16.9. The van der Waals surface area contributed by atoms with E-state index in [0.717, 1.165) is 23.2 Å². The van der Waals surface area contributed by atoms with E-state index < -0.39 is 5.79 Å². The normalized spacial score (nSPS) is 21.2. The summed E-state index contributed by atoms with van der Waals surface area (Å²) in [5.41, 5.74) is 3.03. The van der Waals surface area contributed by atoms with Gasteiger partial charge in [-0.05, 0) is 29.8 Å². The Bertz CT molecular complexity index is 1100. The summed E-state index contributed by atoms with van der Waals surface area (Å²) in [5, 5.41) is 4.81. The minimum atomic E-state index is -0.906. The number of hydrogen-bond acceptors (Lipinski definition) is 5. The largest absolute Gasteiger partial charge is 0.342 e.